The standard InChI is InChI=1S/C19H12F3N3O/c20-19(21,22)14-7-4-8-15(11-14)24-10-9-17-16(12-23)18(25-26-17)13-5-2-1-3-6-13/h1-8,10-11H,9H2. The van der Waals surface area contributed by atoms with Gasteiger partial charge in [-0.05, 0) is 18.2 Å². The van der Waals surface area contributed by atoms with Crippen molar-refractivity contribution in [1.29, 1.82) is 5.26 Å². The number of nitriles is 1. The predicted octanol–water partition coefficient (Wildman–Crippen LogP) is 5.18. The molecular formula is C19H12F3N3O. The monoisotopic (exact) mass is 355 g/mol. The number of rotatable bonds is 4. The molecule has 0 saturated carbocycles. The van der Waals surface area contributed by atoms with E-state index in [1.807, 2.05) is 18.2 Å². The molecule has 26 heavy (non-hydrogen) atoms. The van der Waals surface area contributed by atoms with Crippen LogP contribution in [-0.2, 0) is 12.6 Å². The number of halogens is 3. The molecule has 0 bridgehead atoms. The lowest BCUT2D eigenvalue weighted by Gasteiger charge is -2.06. The molecule has 1 heterocycles. The molecule has 0 unspecified atom stereocenters. The zero-order valence-corrected chi connectivity index (χ0v) is 13.4. The van der Waals surface area contributed by atoms with Crippen molar-refractivity contribution in [1.82, 2.24) is 5.16 Å². The molecule has 0 aliphatic heterocycles. The Hall–Kier alpha value is -3.40. The van der Waals surface area contributed by atoms with Crippen LogP contribution in [0.2, 0.25) is 0 Å². The molecule has 0 atom stereocenters. The second-order valence-corrected chi connectivity index (χ2v) is 5.37. The maximum atomic E-state index is 12.7. The Morgan fingerprint density at radius 1 is 1.12 bits per heavy atom. The Morgan fingerprint density at radius 2 is 1.88 bits per heavy atom. The average molecular weight is 355 g/mol. The van der Waals surface area contributed by atoms with E-state index in [0.29, 0.717) is 11.5 Å². The third-order valence-corrected chi connectivity index (χ3v) is 3.61. The summed E-state index contributed by atoms with van der Waals surface area (Å²) in [6.07, 6.45) is -2.89. The fourth-order valence-electron chi connectivity index (χ4n) is 2.37. The van der Waals surface area contributed by atoms with Crippen molar-refractivity contribution in [3.8, 4) is 17.3 Å². The Bertz CT molecular complexity index is 970. The molecule has 0 amide bonds. The summed E-state index contributed by atoms with van der Waals surface area (Å²) < 4.78 is 43.3. The summed E-state index contributed by atoms with van der Waals surface area (Å²) in [5.74, 6) is 0.307. The Labute approximate surface area is 147 Å². The molecule has 0 spiro atoms. The molecule has 130 valence electrons. The van der Waals surface area contributed by atoms with Gasteiger partial charge >= 0.3 is 6.18 Å². The van der Waals surface area contributed by atoms with E-state index in [4.69, 9.17) is 4.52 Å². The fourth-order valence-corrected chi connectivity index (χ4v) is 2.37. The first-order valence-electron chi connectivity index (χ1n) is 7.63. The van der Waals surface area contributed by atoms with Crippen LogP contribution in [0, 0.1) is 11.3 Å². The highest BCUT2D eigenvalue weighted by atomic mass is 19.4. The predicted molar refractivity (Wildman–Crippen MR) is 90.0 cm³/mol. The first-order chi connectivity index (χ1) is 12.5. The summed E-state index contributed by atoms with van der Waals surface area (Å²) in [4.78, 5) is 4.01. The first-order valence-corrected chi connectivity index (χ1v) is 7.63. The molecule has 2 aromatic carbocycles. The van der Waals surface area contributed by atoms with Crippen LogP contribution in [0.15, 0.2) is 64.1 Å². The van der Waals surface area contributed by atoms with E-state index < -0.39 is 11.7 Å². The molecule has 0 saturated heterocycles. The van der Waals surface area contributed by atoms with Crippen LogP contribution in [0.4, 0.5) is 18.9 Å². The van der Waals surface area contributed by atoms with Crippen LogP contribution < -0.4 is 0 Å². The minimum Gasteiger partial charge on any atom is -0.359 e. The topological polar surface area (TPSA) is 62.2 Å². The fraction of sp³-hybridized carbons (Fsp3) is 0.105. The normalized spacial score (nSPS) is 11.6. The molecule has 3 aromatic rings. The second kappa shape index (κ2) is 7.23. The molecule has 0 fully saturated rings. The van der Waals surface area contributed by atoms with Gasteiger partial charge in [-0.2, -0.15) is 18.4 Å². The number of benzene rings is 2. The quantitative estimate of drug-likeness (QED) is 0.606. The number of hydrogen-bond donors (Lipinski definition) is 0. The van der Waals surface area contributed by atoms with Crippen molar-refractivity contribution >= 4 is 11.9 Å². The minimum atomic E-state index is -4.42. The van der Waals surface area contributed by atoms with Gasteiger partial charge < -0.3 is 4.52 Å². The molecule has 0 aliphatic carbocycles. The van der Waals surface area contributed by atoms with Gasteiger partial charge in [0.25, 0.3) is 0 Å². The highest BCUT2D eigenvalue weighted by Crippen LogP contribution is 2.31. The van der Waals surface area contributed by atoms with E-state index >= 15 is 0 Å². The molecule has 0 radical (unpaired) electrons. The lowest BCUT2D eigenvalue weighted by molar-refractivity contribution is -0.137. The number of aliphatic imine (C=N–C) groups is 1. The van der Waals surface area contributed by atoms with E-state index in [0.717, 1.165) is 17.7 Å². The first kappa shape index (κ1) is 17.4. The second-order valence-electron chi connectivity index (χ2n) is 5.37. The molecule has 3 rings (SSSR count). The van der Waals surface area contributed by atoms with E-state index in [2.05, 4.69) is 16.2 Å². The Morgan fingerprint density at radius 3 is 2.58 bits per heavy atom. The van der Waals surface area contributed by atoms with Crippen LogP contribution in [0.25, 0.3) is 11.3 Å². The molecule has 0 aliphatic rings. The van der Waals surface area contributed by atoms with Gasteiger partial charge in [0.2, 0.25) is 0 Å². The zero-order valence-electron chi connectivity index (χ0n) is 13.4. The van der Waals surface area contributed by atoms with Gasteiger partial charge in [-0.1, -0.05) is 41.6 Å². The van der Waals surface area contributed by atoms with Gasteiger partial charge in [0.1, 0.15) is 17.3 Å². The smallest absolute Gasteiger partial charge is 0.359 e. The Balaban J connectivity index is 1.80. The van der Waals surface area contributed by atoms with Gasteiger partial charge in [-0.15, -0.1) is 0 Å². The SMILES string of the molecule is N#Cc1c(-c2ccccc2)noc1CC=Nc1cccc(C(F)(F)F)c1. The number of alkyl halides is 3. The summed E-state index contributed by atoms with van der Waals surface area (Å²) in [6.45, 7) is 0. The van der Waals surface area contributed by atoms with E-state index in [-0.39, 0.29) is 17.7 Å². The maximum Gasteiger partial charge on any atom is 0.416 e. The van der Waals surface area contributed by atoms with Crippen LogP contribution in [0.5, 0.6) is 0 Å². The van der Waals surface area contributed by atoms with Crippen LogP contribution in [0.3, 0.4) is 0 Å². The number of hydrogen-bond acceptors (Lipinski definition) is 4. The largest absolute Gasteiger partial charge is 0.416 e. The van der Waals surface area contributed by atoms with E-state index in [9.17, 15) is 18.4 Å². The lowest BCUT2D eigenvalue weighted by Crippen LogP contribution is -2.03. The van der Waals surface area contributed by atoms with Crippen LogP contribution in [-0.4, -0.2) is 11.4 Å². The highest BCUT2D eigenvalue weighted by Gasteiger charge is 2.30. The van der Waals surface area contributed by atoms with Gasteiger partial charge in [0, 0.05) is 18.2 Å². The third kappa shape index (κ3) is 3.81. The van der Waals surface area contributed by atoms with Crippen molar-refractivity contribution in [3.63, 3.8) is 0 Å². The maximum absolute atomic E-state index is 12.7. The molecule has 7 heteroatoms. The van der Waals surface area contributed by atoms with Gasteiger partial charge in [-0.3, -0.25) is 4.99 Å². The van der Waals surface area contributed by atoms with Crippen molar-refractivity contribution in [2.45, 2.75) is 12.6 Å². The lowest BCUT2D eigenvalue weighted by atomic mass is 10.1. The van der Waals surface area contributed by atoms with Gasteiger partial charge in [0.15, 0.2) is 5.76 Å². The van der Waals surface area contributed by atoms with Crippen LogP contribution in [0.1, 0.15) is 16.9 Å². The molecule has 4 nitrogen and oxygen atoms in total. The number of nitrogens with zero attached hydrogens (tertiary/aromatic N) is 3. The molecule has 0 N–H and O–H groups in total. The summed E-state index contributed by atoms with van der Waals surface area (Å²) in [7, 11) is 0. The molecular weight excluding hydrogens is 343 g/mol. The minimum absolute atomic E-state index is 0.138. The van der Waals surface area contributed by atoms with Crippen molar-refractivity contribution in [2.24, 2.45) is 4.99 Å². The van der Waals surface area contributed by atoms with E-state index in [1.54, 1.807) is 12.1 Å². The van der Waals surface area contributed by atoms with E-state index in [1.165, 1.54) is 18.3 Å². The van der Waals surface area contributed by atoms with Gasteiger partial charge in [-0.25, -0.2) is 0 Å². The van der Waals surface area contributed by atoms with Crippen molar-refractivity contribution in [3.05, 3.63) is 71.5 Å². The Kier molecular flexibility index (Phi) is 4.85. The van der Waals surface area contributed by atoms with Crippen molar-refractivity contribution < 1.29 is 17.7 Å². The number of aromatic nitrogens is 1. The summed E-state index contributed by atoms with van der Waals surface area (Å²) in [5.41, 5.74) is 0.855. The van der Waals surface area contributed by atoms with Crippen LogP contribution >= 0.6 is 0 Å². The summed E-state index contributed by atoms with van der Waals surface area (Å²) >= 11 is 0. The van der Waals surface area contributed by atoms with Crippen molar-refractivity contribution in [2.75, 3.05) is 0 Å². The highest BCUT2D eigenvalue weighted by molar-refractivity contribution is 5.71. The molecule has 1 aromatic heterocycles. The average Bonchev–Trinajstić information content (AvgIpc) is 3.05. The van der Waals surface area contributed by atoms with Gasteiger partial charge in [0.05, 0.1) is 11.3 Å². The summed E-state index contributed by atoms with van der Waals surface area (Å²) in [5, 5.41) is 13.3. The zero-order chi connectivity index (χ0) is 18.6. The third-order valence-electron chi connectivity index (χ3n) is 3.61. The summed E-state index contributed by atoms with van der Waals surface area (Å²) in [6, 6.07) is 15.8.